The van der Waals surface area contributed by atoms with E-state index in [1.807, 2.05) is 42.5 Å². The molecule has 0 bridgehead atoms. The van der Waals surface area contributed by atoms with Crippen LogP contribution in [0.15, 0.2) is 77.3 Å². The molecule has 5 rings (SSSR count). The number of halogens is 1. The quantitative estimate of drug-likeness (QED) is 0.459. The van der Waals surface area contributed by atoms with Gasteiger partial charge in [0.1, 0.15) is 12.5 Å². The fraction of sp³-hybridized carbons (Fsp3) is 0.259. The molecule has 1 aliphatic carbocycles. The Balaban J connectivity index is 1.35. The molecular formula is C27H24BrNO4. The van der Waals surface area contributed by atoms with Crippen LogP contribution in [0.4, 0.5) is 4.79 Å². The van der Waals surface area contributed by atoms with Crippen molar-refractivity contribution in [3.05, 3.63) is 94.0 Å². The number of hydrogen-bond donors (Lipinski definition) is 1. The molecule has 1 aliphatic heterocycles. The van der Waals surface area contributed by atoms with Crippen molar-refractivity contribution in [2.45, 2.75) is 30.7 Å². The van der Waals surface area contributed by atoms with E-state index in [9.17, 15) is 14.7 Å². The first-order valence-electron chi connectivity index (χ1n) is 11.1. The number of carboxylic acids is 1. The Morgan fingerprint density at radius 2 is 1.67 bits per heavy atom. The first-order valence-corrected chi connectivity index (χ1v) is 11.9. The van der Waals surface area contributed by atoms with Crippen molar-refractivity contribution in [3.8, 4) is 11.1 Å². The standard InChI is InChI=1S/C27H24BrNO4/c28-18-8-5-7-17(15-18)25(26(30)31)24-13-6-14-29(24)27(32)33-16-23-21-11-3-1-9-19(21)20-10-2-4-12-22(20)23/h1-5,7-12,15,23-25H,6,13-14,16H2,(H,30,31)/t24-,25+/m0/s1. The lowest BCUT2D eigenvalue weighted by atomic mass is 9.90. The number of amides is 1. The first-order chi connectivity index (χ1) is 16.0. The molecule has 0 unspecified atom stereocenters. The predicted molar refractivity (Wildman–Crippen MR) is 129 cm³/mol. The number of likely N-dealkylation sites (tertiary alicyclic amines) is 1. The summed E-state index contributed by atoms with van der Waals surface area (Å²) in [5.74, 6) is -1.76. The van der Waals surface area contributed by atoms with E-state index in [-0.39, 0.29) is 12.5 Å². The summed E-state index contributed by atoms with van der Waals surface area (Å²) in [6, 6.07) is 23.3. The van der Waals surface area contributed by atoms with Crippen LogP contribution in [0.1, 0.15) is 41.4 Å². The van der Waals surface area contributed by atoms with Gasteiger partial charge in [-0.25, -0.2) is 4.79 Å². The molecule has 1 N–H and O–H groups in total. The highest BCUT2D eigenvalue weighted by Gasteiger charge is 2.40. The molecule has 168 valence electrons. The molecule has 3 aromatic carbocycles. The van der Waals surface area contributed by atoms with Crippen molar-refractivity contribution < 1.29 is 19.4 Å². The number of nitrogens with zero attached hydrogens (tertiary/aromatic N) is 1. The Bertz CT molecular complexity index is 1160. The highest BCUT2D eigenvalue weighted by molar-refractivity contribution is 9.10. The van der Waals surface area contributed by atoms with Gasteiger partial charge in [0.05, 0.1) is 6.04 Å². The SMILES string of the molecule is O=C(O)[C@H](c1cccc(Br)c1)[C@@H]1CCCN1C(=O)OCC1c2ccccc2-c2ccccc21. The monoisotopic (exact) mass is 505 g/mol. The summed E-state index contributed by atoms with van der Waals surface area (Å²) in [4.78, 5) is 27.0. The Labute approximate surface area is 201 Å². The molecular weight excluding hydrogens is 482 g/mol. The van der Waals surface area contributed by atoms with Gasteiger partial charge in [0.2, 0.25) is 0 Å². The summed E-state index contributed by atoms with van der Waals surface area (Å²) in [5, 5.41) is 10.0. The van der Waals surface area contributed by atoms with E-state index in [0.29, 0.717) is 18.5 Å². The number of aliphatic carboxylic acids is 1. The van der Waals surface area contributed by atoms with Gasteiger partial charge in [0.15, 0.2) is 0 Å². The van der Waals surface area contributed by atoms with Crippen molar-refractivity contribution in [1.82, 2.24) is 4.90 Å². The Morgan fingerprint density at radius 3 is 2.30 bits per heavy atom. The molecule has 1 saturated heterocycles. The van der Waals surface area contributed by atoms with Crippen LogP contribution in [0.3, 0.4) is 0 Å². The molecule has 33 heavy (non-hydrogen) atoms. The number of carboxylic acid groups (broad SMARTS) is 1. The minimum absolute atomic E-state index is 0.0252. The van der Waals surface area contributed by atoms with Crippen molar-refractivity contribution in [1.29, 1.82) is 0 Å². The molecule has 0 radical (unpaired) electrons. The third-order valence-corrected chi connectivity index (χ3v) is 7.22. The molecule has 3 aromatic rings. The summed E-state index contributed by atoms with van der Waals surface area (Å²) >= 11 is 3.42. The van der Waals surface area contributed by atoms with Gasteiger partial charge < -0.3 is 14.7 Å². The molecule has 2 aliphatic rings. The van der Waals surface area contributed by atoms with Crippen molar-refractivity contribution in [2.24, 2.45) is 0 Å². The zero-order chi connectivity index (χ0) is 22.9. The van der Waals surface area contributed by atoms with E-state index in [1.165, 1.54) is 11.1 Å². The van der Waals surface area contributed by atoms with Gasteiger partial charge in [0, 0.05) is 16.9 Å². The van der Waals surface area contributed by atoms with Crippen molar-refractivity contribution in [3.63, 3.8) is 0 Å². The summed E-state index contributed by atoms with van der Waals surface area (Å²) in [6.07, 6.45) is 0.945. The molecule has 2 atom stereocenters. The second kappa shape index (κ2) is 9.02. The van der Waals surface area contributed by atoms with E-state index in [1.54, 1.807) is 11.0 Å². The lowest BCUT2D eigenvalue weighted by Crippen LogP contribution is -2.42. The maximum atomic E-state index is 13.2. The van der Waals surface area contributed by atoms with Gasteiger partial charge in [0.25, 0.3) is 0 Å². The summed E-state index contributed by atoms with van der Waals surface area (Å²) < 4.78 is 6.64. The smallest absolute Gasteiger partial charge is 0.410 e. The molecule has 5 nitrogen and oxygen atoms in total. The zero-order valence-corrected chi connectivity index (χ0v) is 19.6. The third kappa shape index (κ3) is 4.04. The van der Waals surface area contributed by atoms with Gasteiger partial charge in [-0.1, -0.05) is 76.6 Å². The van der Waals surface area contributed by atoms with E-state index >= 15 is 0 Å². The Hall–Kier alpha value is -3.12. The van der Waals surface area contributed by atoms with E-state index < -0.39 is 24.0 Å². The topological polar surface area (TPSA) is 66.8 Å². The van der Waals surface area contributed by atoms with Crippen LogP contribution in [-0.4, -0.2) is 41.3 Å². The highest BCUT2D eigenvalue weighted by atomic mass is 79.9. The maximum Gasteiger partial charge on any atom is 0.410 e. The van der Waals surface area contributed by atoms with Crippen LogP contribution in [-0.2, 0) is 9.53 Å². The number of fused-ring (bicyclic) bond motifs is 3. The first kappa shape index (κ1) is 21.7. The normalized spacial score (nSPS) is 18.0. The Morgan fingerprint density at radius 1 is 1.00 bits per heavy atom. The van der Waals surface area contributed by atoms with E-state index in [2.05, 4.69) is 40.2 Å². The lowest BCUT2D eigenvalue weighted by molar-refractivity contribution is -0.140. The highest BCUT2D eigenvalue weighted by Crippen LogP contribution is 2.44. The second-order valence-corrected chi connectivity index (χ2v) is 9.49. The molecule has 0 saturated carbocycles. The lowest BCUT2D eigenvalue weighted by Gasteiger charge is -2.29. The van der Waals surface area contributed by atoms with E-state index in [4.69, 9.17) is 4.74 Å². The third-order valence-electron chi connectivity index (χ3n) is 6.73. The van der Waals surface area contributed by atoms with Crippen molar-refractivity contribution in [2.75, 3.05) is 13.2 Å². The van der Waals surface area contributed by atoms with Gasteiger partial charge >= 0.3 is 12.1 Å². The van der Waals surface area contributed by atoms with Gasteiger partial charge in [-0.15, -0.1) is 0 Å². The number of carbonyl (C=O) groups excluding carboxylic acids is 1. The number of carbonyl (C=O) groups is 2. The molecule has 1 fully saturated rings. The summed E-state index contributed by atoms with van der Waals surface area (Å²) in [7, 11) is 0. The minimum atomic E-state index is -0.934. The van der Waals surface area contributed by atoms with Crippen LogP contribution in [0.5, 0.6) is 0 Å². The number of hydrogen-bond acceptors (Lipinski definition) is 3. The minimum Gasteiger partial charge on any atom is -0.481 e. The molecule has 0 aromatic heterocycles. The number of ether oxygens (including phenoxy) is 1. The van der Waals surface area contributed by atoms with Gasteiger partial charge in [-0.05, 0) is 52.8 Å². The maximum absolute atomic E-state index is 13.2. The van der Waals surface area contributed by atoms with Gasteiger partial charge in [-0.3, -0.25) is 4.79 Å². The van der Waals surface area contributed by atoms with Crippen molar-refractivity contribution >= 4 is 28.0 Å². The number of benzene rings is 3. The number of rotatable bonds is 5. The van der Waals surface area contributed by atoms with E-state index in [0.717, 1.165) is 22.0 Å². The van der Waals surface area contributed by atoms with Crippen LogP contribution < -0.4 is 0 Å². The summed E-state index contributed by atoms with van der Waals surface area (Å²) in [5.41, 5.74) is 5.34. The average molecular weight is 506 g/mol. The second-order valence-electron chi connectivity index (χ2n) is 8.58. The van der Waals surface area contributed by atoms with Crippen LogP contribution in [0.25, 0.3) is 11.1 Å². The predicted octanol–water partition coefficient (Wildman–Crippen LogP) is 6.03. The largest absolute Gasteiger partial charge is 0.481 e. The van der Waals surface area contributed by atoms with Crippen LogP contribution in [0, 0.1) is 0 Å². The van der Waals surface area contributed by atoms with Gasteiger partial charge in [-0.2, -0.15) is 0 Å². The summed E-state index contributed by atoms with van der Waals surface area (Å²) in [6.45, 7) is 0.726. The molecule has 1 heterocycles. The fourth-order valence-electron chi connectivity index (χ4n) is 5.27. The van der Waals surface area contributed by atoms with Crippen LogP contribution in [0.2, 0.25) is 0 Å². The fourth-order valence-corrected chi connectivity index (χ4v) is 5.69. The van der Waals surface area contributed by atoms with Crippen LogP contribution >= 0.6 is 15.9 Å². The molecule has 1 amide bonds. The zero-order valence-electron chi connectivity index (χ0n) is 18.0. The molecule has 0 spiro atoms. The Kier molecular flexibility index (Phi) is 5.94. The average Bonchev–Trinajstić information content (AvgIpc) is 3.41. The molecule has 6 heteroatoms.